The lowest BCUT2D eigenvalue weighted by molar-refractivity contribution is -0.121. The Kier molecular flexibility index (Phi) is 4.79. The predicted molar refractivity (Wildman–Crippen MR) is 92.6 cm³/mol. The second-order valence-corrected chi connectivity index (χ2v) is 6.67. The van der Waals surface area contributed by atoms with E-state index in [4.69, 9.17) is 0 Å². The van der Waals surface area contributed by atoms with Gasteiger partial charge in [-0.25, -0.2) is 0 Å². The molecule has 0 unspecified atom stereocenters. The van der Waals surface area contributed by atoms with Crippen molar-refractivity contribution in [3.05, 3.63) is 45.7 Å². The van der Waals surface area contributed by atoms with E-state index in [-0.39, 0.29) is 11.5 Å². The molecule has 0 spiro atoms. The summed E-state index contributed by atoms with van der Waals surface area (Å²) < 4.78 is 0. The minimum atomic E-state index is -0.0910. The molecule has 1 heterocycles. The number of aromatic amines is 1. The molecular formula is C19H24N2O2. The molecule has 4 heteroatoms. The summed E-state index contributed by atoms with van der Waals surface area (Å²) in [5.41, 5.74) is 2.56. The molecule has 1 aromatic carbocycles. The van der Waals surface area contributed by atoms with Crippen molar-refractivity contribution in [1.29, 1.82) is 0 Å². The van der Waals surface area contributed by atoms with E-state index < -0.39 is 0 Å². The van der Waals surface area contributed by atoms with Gasteiger partial charge in [0.2, 0.25) is 5.91 Å². The van der Waals surface area contributed by atoms with Gasteiger partial charge < -0.3 is 10.3 Å². The third-order valence-corrected chi connectivity index (χ3v) is 4.76. The van der Waals surface area contributed by atoms with Gasteiger partial charge in [-0.2, -0.15) is 0 Å². The molecule has 3 rings (SSSR count). The van der Waals surface area contributed by atoms with E-state index in [1.54, 1.807) is 0 Å². The Hall–Kier alpha value is -2.10. The predicted octanol–water partition coefficient (Wildman–Crippen LogP) is 3.08. The van der Waals surface area contributed by atoms with E-state index in [9.17, 15) is 9.59 Å². The molecule has 0 aliphatic heterocycles. The molecule has 23 heavy (non-hydrogen) atoms. The van der Waals surface area contributed by atoms with Gasteiger partial charge in [-0.05, 0) is 55.2 Å². The lowest BCUT2D eigenvalue weighted by atomic mass is 10.1. The number of aryl methyl sites for hydroxylation is 2. The molecule has 1 aromatic heterocycles. The topological polar surface area (TPSA) is 62.0 Å². The molecule has 0 radical (unpaired) electrons. The summed E-state index contributed by atoms with van der Waals surface area (Å²) in [7, 11) is 0. The number of hydrogen-bond donors (Lipinski definition) is 2. The van der Waals surface area contributed by atoms with Crippen LogP contribution in [0.1, 0.15) is 43.2 Å². The summed E-state index contributed by atoms with van der Waals surface area (Å²) in [4.78, 5) is 27.0. The van der Waals surface area contributed by atoms with Crippen molar-refractivity contribution >= 4 is 16.8 Å². The molecule has 1 fully saturated rings. The van der Waals surface area contributed by atoms with Crippen LogP contribution in [-0.4, -0.2) is 17.4 Å². The fourth-order valence-corrected chi connectivity index (χ4v) is 3.36. The molecule has 1 saturated carbocycles. The number of hydrogen-bond acceptors (Lipinski definition) is 2. The Labute approximate surface area is 136 Å². The number of aromatic nitrogens is 1. The number of benzene rings is 1. The maximum atomic E-state index is 12.1. The number of pyridine rings is 1. The maximum Gasteiger partial charge on any atom is 0.251 e. The highest BCUT2D eigenvalue weighted by molar-refractivity contribution is 5.80. The van der Waals surface area contributed by atoms with Crippen LogP contribution in [0.3, 0.4) is 0 Å². The standard InChI is InChI=1S/C19H24N2O2/c1-13-6-7-15-11-16(19(23)21-17(15)10-13)8-9-18(22)20-12-14-4-2-3-5-14/h6-7,10-11,14H,2-5,8-9,12H2,1H3,(H,20,22)(H,21,23). The van der Waals surface area contributed by atoms with Crippen LogP contribution in [0.2, 0.25) is 0 Å². The molecular weight excluding hydrogens is 288 g/mol. The summed E-state index contributed by atoms with van der Waals surface area (Å²) in [6.07, 6.45) is 5.87. The number of nitrogens with one attached hydrogen (secondary N) is 2. The maximum absolute atomic E-state index is 12.1. The molecule has 1 amide bonds. The van der Waals surface area contributed by atoms with E-state index in [1.165, 1.54) is 25.7 Å². The Morgan fingerprint density at radius 2 is 2.04 bits per heavy atom. The SMILES string of the molecule is Cc1ccc2cc(CCC(=O)NCC3CCCC3)c(=O)[nH]c2c1. The second kappa shape index (κ2) is 6.99. The van der Waals surface area contributed by atoms with E-state index in [0.717, 1.165) is 23.0 Å². The van der Waals surface area contributed by atoms with Gasteiger partial charge in [0.15, 0.2) is 0 Å². The molecule has 0 bridgehead atoms. The van der Waals surface area contributed by atoms with Crippen LogP contribution in [0.25, 0.3) is 10.9 Å². The monoisotopic (exact) mass is 312 g/mol. The Bertz CT molecular complexity index is 758. The van der Waals surface area contributed by atoms with E-state index in [2.05, 4.69) is 10.3 Å². The first-order chi connectivity index (χ1) is 11.1. The van der Waals surface area contributed by atoms with Gasteiger partial charge in [-0.1, -0.05) is 25.0 Å². The van der Waals surface area contributed by atoms with Crippen molar-refractivity contribution in [3.8, 4) is 0 Å². The first-order valence-electron chi connectivity index (χ1n) is 8.51. The van der Waals surface area contributed by atoms with Gasteiger partial charge >= 0.3 is 0 Å². The van der Waals surface area contributed by atoms with Gasteiger partial charge in [-0.3, -0.25) is 9.59 Å². The van der Waals surface area contributed by atoms with Crippen molar-refractivity contribution in [2.24, 2.45) is 5.92 Å². The van der Waals surface area contributed by atoms with Crippen molar-refractivity contribution in [3.63, 3.8) is 0 Å². The number of fused-ring (bicyclic) bond motifs is 1. The van der Waals surface area contributed by atoms with Crippen LogP contribution in [0.15, 0.2) is 29.1 Å². The summed E-state index contributed by atoms with van der Waals surface area (Å²) in [6, 6.07) is 7.90. The van der Waals surface area contributed by atoms with Crippen molar-refractivity contribution in [2.45, 2.75) is 45.4 Å². The summed E-state index contributed by atoms with van der Waals surface area (Å²) in [6.45, 7) is 2.78. The van der Waals surface area contributed by atoms with Crippen molar-refractivity contribution < 1.29 is 4.79 Å². The molecule has 122 valence electrons. The zero-order chi connectivity index (χ0) is 16.2. The molecule has 1 aliphatic rings. The highest BCUT2D eigenvalue weighted by Crippen LogP contribution is 2.23. The zero-order valence-electron chi connectivity index (χ0n) is 13.7. The highest BCUT2D eigenvalue weighted by Gasteiger charge is 2.15. The second-order valence-electron chi connectivity index (χ2n) is 6.67. The largest absolute Gasteiger partial charge is 0.356 e. The number of carbonyl (C=O) groups is 1. The lowest BCUT2D eigenvalue weighted by Gasteiger charge is -2.10. The van der Waals surface area contributed by atoms with Gasteiger partial charge in [0.1, 0.15) is 0 Å². The van der Waals surface area contributed by atoms with Crippen LogP contribution in [0, 0.1) is 12.8 Å². The molecule has 4 nitrogen and oxygen atoms in total. The number of carbonyl (C=O) groups excluding carboxylic acids is 1. The first-order valence-corrected chi connectivity index (χ1v) is 8.51. The van der Waals surface area contributed by atoms with Gasteiger partial charge in [0.05, 0.1) is 0 Å². The van der Waals surface area contributed by atoms with Crippen LogP contribution < -0.4 is 10.9 Å². The van der Waals surface area contributed by atoms with Gasteiger partial charge in [-0.15, -0.1) is 0 Å². The zero-order valence-corrected chi connectivity index (χ0v) is 13.7. The van der Waals surface area contributed by atoms with Crippen molar-refractivity contribution in [2.75, 3.05) is 6.54 Å². The average Bonchev–Trinajstić information content (AvgIpc) is 3.04. The third-order valence-electron chi connectivity index (χ3n) is 4.76. The smallest absolute Gasteiger partial charge is 0.251 e. The van der Waals surface area contributed by atoms with E-state index in [1.807, 2.05) is 31.2 Å². The summed E-state index contributed by atoms with van der Waals surface area (Å²) >= 11 is 0. The van der Waals surface area contributed by atoms with Crippen LogP contribution in [0.5, 0.6) is 0 Å². The quantitative estimate of drug-likeness (QED) is 0.891. The Morgan fingerprint density at radius 1 is 1.26 bits per heavy atom. The third kappa shape index (κ3) is 4.01. The number of H-pyrrole nitrogens is 1. The molecule has 2 aromatic rings. The van der Waals surface area contributed by atoms with Gasteiger partial charge in [0, 0.05) is 24.0 Å². The fraction of sp³-hybridized carbons (Fsp3) is 0.474. The van der Waals surface area contributed by atoms with Gasteiger partial charge in [0.25, 0.3) is 5.56 Å². The number of rotatable bonds is 5. The van der Waals surface area contributed by atoms with E-state index in [0.29, 0.717) is 24.3 Å². The fourth-order valence-electron chi connectivity index (χ4n) is 3.36. The van der Waals surface area contributed by atoms with Crippen LogP contribution in [-0.2, 0) is 11.2 Å². The van der Waals surface area contributed by atoms with E-state index >= 15 is 0 Å². The Balaban J connectivity index is 1.60. The molecule has 0 atom stereocenters. The summed E-state index contributed by atoms with van der Waals surface area (Å²) in [5.74, 6) is 0.687. The first kappa shape index (κ1) is 15.8. The average molecular weight is 312 g/mol. The minimum Gasteiger partial charge on any atom is -0.356 e. The minimum absolute atomic E-state index is 0.0419. The molecule has 2 N–H and O–H groups in total. The Morgan fingerprint density at radius 3 is 2.83 bits per heavy atom. The normalized spacial score (nSPS) is 15.2. The highest BCUT2D eigenvalue weighted by atomic mass is 16.1. The molecule has 0 saturated heterocycles. The lowest BCUT2D eigenvalue weighted by Crippen LogP contribution is -2.29. The molecule has 1 aliphatic carbocycles. The van der Waals surface area contributed by atoms with Crippen LogP contribution >= 0.6 is 0 Å². The number of amides is 1. The van der Waals surface area contributed by atoms with Crippen LogP contribution in [0.4, 0.5) is 0 Å². The summed E-state index contributed by atoms with van der Waals surface area (Å²) in [5, 5.41) is 4.02. The van der Waals surface area contributed by atoms with Crippen molar-refractivity contribution in [1.82, 2.24) is 10.3 Å².